The van der Waals surface area contributed by atoms with Crippen LogP contribution in [0.25, 0.3) is 0 Å². The largest absolute Gasteiger partial charge is 0.469 e. The van der Waals surface area contributed by atoms with Gasteiger partial charge in [0.05, 0.1) is 12.5 Å². The lowest BCUT2D eigenvalue weighted by atomic mass is 9.92. The predicted octanol–water partition coefficient (Wildman–Crippen LogP) is 2.18. The minimum Gasteiger partial charge on any atom is -0.469 e. The van der Waals surface area contributed by atoms with Gasteiger partial charge in [0.25, 0.3) is 10.0 Å². The fourth-order valence-electron chi connectivity index (χ4n) is 3.28. The molecular weight excluding hydrogens is 412 g/mol. The van der Waals surface area contributed by atoms with E-state index in [4.69, 9.17) is 4.74 Å². The zero-order valence-electron chi connectivity index (χ0n) is 16.5. The normalized spacial score (nSPS) is 17.4. The molecule has 0 saturated heterocycles. The van der Waals surface area contributed by atoms with E-state index in [1.165, 1.54) is 17.5 Å². The third kappa shape index (κ3) is 4.36. The van der Waals surface area contributed by atoms with Crippen molar-refractivity contribution in [1.29, 1.82) is 0 Å². The van der Waals surface area contributed by atoms with E-state index in [1.807, 2.05) is 24.3 Å². The molecule has 2 heterocycles. The summed E-state index contributed by atoms with van der Waals surface area (Å²) in [5, 5.41) is 4.44. The van der Waals surface area contributed by atoms with Crippen LogP contribution in [0.3, 0.4) is 0 Å². The summed E-state index contributed by atoms with van der Waals surface area (Å²) in [7, 11) is -2.54. The maximum absolute atomic E-state index is 13.2. The van der Waals surface area contributed by atoms with Gasteiger partial charge in [-0.15, -0.1) is 11.3 Å². The Hall–Kier alpha value is -2.23. The summed E-state index contributed by atoms with van der Waals surface area (Å²) in [6.07, 6.45) is 0.269. The Kier molecular flexibility index (Phi) is 6.11. The lowest BCUT2D eigenvalue weighted by Crippen LogP contribution is -2.54. The molecule has 0 saturated carbocycles. The number of hydrogen-bond acceptors (Lipinski definition) is 6. The number of benzene rings is 1. The summed E-state index contributed by atoms with van der Waals surface area (Å²) in [4.78, 5) is 24.9. The molecule has 0 bridgehead atoms. The number of thiophene rings is 1. The summed E-state index contributed by atoms with van der Waals surface area (Å²) < 4.78 is 32.6. The third-order valence-electron chi connectivity index (χ3n) is 5.01. The second kappa shape index (κ2) is 8.25. The summed E-state index contributed by atoms with van der Waals surface area (Å²) in [6.45, 7) is 3.49. The summed E-state index contributed by atoms with van der Waals surface area (Å²) >= 11 is 1.12. The van der Waals surface area contributed by atoms with Gasteiger partial charge in [-0.25, -0.2) is 8.42 Å². The van der Waals surface area contributed by atoms with E-state index in [2.05, 4.69) is 5.32 Å². The van der Waals surface area contributed by atoms with Gasteiger partial charge in [-0.05, 0) is 42.8 Å². The second-order valence-corrected chi connectivity index (χ2v) is 10.6. The van der Waals surface area contributed by atoms with E-state index >= 15 is 0 Å². The van der Waals surface area contributed by atoms with Gasteiger partial charge in [0.1, 0.15) is 10.3 Å². The molecule has 7 nitrogen and oxygen atoms in total. The highest BCUT2D eigenvalue weighted by molar-refractivity contribution is 7.91. The fraction of sp³-hybridized carbons (Fsp3) is 0.400. The molecule has 0 aliphatic carbocycles. The topological polar surface area (TPSA) is 92.8 Å². The van der Waals surface area contributed by atoms with Gasteiger partial charge in [0, 0.05) is 13.1 Å². The Bertz CT molecular complexity index is 1000. The Labute approximate surface area is 174 Å². The van der Waals surface area contributed by atoms with E-state index in [-0.39, 0.29) is 23.7 Å². The van der Waals surface area contributed by atoms with Crippen molar-refractivity contribution in [2.24, 2.45) is 5.41 Å². The molecule has 9 heteroatoms. The van der Waals surface area contributed by atoms with Crippen molar-refractivity contribution in [3.8, 4) is 0 Å². The quantitative estimate of drug-likeness (QED) is 0.701. The number of carbonyl (C=O) groups excluding carboxylic acids is 2. The van der Waals surface area contributed by atoms with Crippen LogP contribution < -0.4 is 5.32 Å². The van der Waals surface area contributed by atoms with Crippen molar-refractivity contribution in [2.75, 3.05) is 13.7 Å². The number of nitrogens with zero attached hydrogens (tertiary/aromatic N) is 1. The van der Waals surface area contributed by atoms with Crippen LogP contribution in [0.2, 0.25) is 0 Å². The van der Waals surface area contributed by atoms with Crippen molar-refractivity contribution >= 4 is 33.2 Å². The molecule has 29 heavy (non-hydrogen) atoms. The number of rotatable bonds is 6. The van der Waals surface area contributed by atoms with Crippen LogP contribution >= 0.6 is 11.3 Å². The number of fused-ring (bicyclic) bond motifs is 1. The number of nitrogens with one attached hydrogen (secondary N) is 1. The highest BCUT2D eigenvalue weighted by Crippen LogP contribution is 2.31. The van der Waals surface area contributed by atoms with Crippen molar-refractivity contribution in [3.63, 3.8) is 0 Å². The molecule has 1 aromatic heterocycles. The molecule has 1 atom stereocenters. The Morgan fingerprint density at radius 2 is 1.90 bits per heavy atom. The first kappa shape index (κ1) is 21.5. The van der Waals surface area contributed by atoms with Crippen LogP contribution in [0, 0.1) is 5.41 Å². The molecule has 0 fully saturated rings. The number of amides is 1. The van der Waals surface area contributed by atoms with E-state index in [0.29, 0.717) is 0 Å². The van der Waals surface area contributed by atoms with Gasteiger partial charge in [0.15, 0.2) is 0 Å². The van der Waals surface area contributed by atoms with Crippen LogP contribution in [0.15, 0.2) is 46.0 Å². The molecule has 0 spiro atoms. The van der Waals surface area contributed by atoms with Crippen LogP contribution in [-0.2, 0) is 37.3 Å². The molecule has 1 aliphatic rings. The van der Waals surface area contributed by atoms with E-state index in [1.54, 1.807) is 25.3 Å². The molecule has 3 rings (SSSR count). The molecule has 1 N–H and O–H groups in total. The van der Waals surface area contributed by atoms with Crippen molar-refractivity contribution < 1.29 is 22.7 Å². The Morgan fingerprint density at radius 1 is 1.21 bits per heavy atom. The molecule has 0 radical (unpaired) electrons. The summed E-state index contributed by atoms with van der Waals surface area (Å²) in [5.41, 5.74) is 0.901. The van der Waals surface area contributed by atoms with Crippen LogP contribution in [0.5, 0.6) is 0 Å². The van der Waals surface area contributed by atoms with E-state index in [0.717, 1.165) is 22.5 Å². The number of esters is 1. The van der Waals surface area contributed by atoms with Gasteiger partial charge in [-0.3, -0.25) is 9.59 Å². The minimum atomic E-state index is -3.83. The first-order chi connectivity index (χ1) is 13.7. The average Bonchev–Trinajstić information content (AvgIpc) is 3.26. The van der Waals surface area contributed by atoms with Gasteiger partial charge >= 0.3 is 5.97 Å². The number of sulfonamides is 1. The third-order valence-corrected chi connectivity index (χ3v) is 8.24. The maximum Gasteiger partial charge on any atom is 0.313 e. The summed E-state index contributed by atoms with van der Waals surface area (Å²) in [6, 6.07) is 9.82. The number of carbonyl (C=O) groups is 2. The predicted molar refractivity (Wildman–Crippen MR) is 110 cm³/mol. The van der Waals surface area contributed by atoms with E-state index < -0.39 is 33.4 Å². The summed E-state index contributed by atoms with van der Waals surface area (Å²) in [5.74, 6) is -0.883. The van der Waals surface area contributed by atoms with Gasteiger partial charge in [-0.1, -0.05) is 30.3 Å². The molecule has 1 aromatic carbocycles. The molecule has 1 aliphatic heterocycles. The van der Waals surface area contributed by atoms with Crippen LogP contribution in [0.4, 0.5) is 0 Å². The van der Waals surface area contributed by atoms with Crippen LogP contribution in [0.1, 0.15) is 25.0 Å². The molecule has 0 unspecified atom stereocenters. The highest BCUT2D eigenvalue weighted by atomic mass is 32.2. The smallest absolute Gasteiger partial charge is 0.313 e. The van der Waals surface area contributed by atoms with Crippen molar-refractivity contribution in [1.82, 2.24) is 9.62 Å². The number of methoxy groups -OCH3 is 1. The lowest BCUT2D eigenvalue weighted by Gasteiger charge is -2.35. The molecule has 156 valence electrons. The van der Waals surface area contributed by atoms with Crippen molar-refractivity contribution in [2.45, 2.75) is 37.1 Å². The SMILES string of the molecule is COC(=O)C(C)(C)CNC(=O)[C@@H]1Cc2ccccc2CN1S(=O)(=O)c1cccs1. The van der Waals surface area contributed by atoms with Gasteiger partial charge < -0.3 is 10.1 Å². The number of ether oxygens (including phenoxy) is 1. The monoisotopic (exact) mass is 436 g/mol. The zero-order valence-corrected chi connectivity index (χ0v) is 18.2. The highest BCUT2D eigenvalue weighted by Gasteiger charge is 2.40. The standard InChI is InChI=1S/C20H24N2O5S2/c1-20(2,19(24)27-3)13-21-18(23)16-11-14-7-4-5-8-15(14)12-22(16)29(25,26)17-9-6-10-28-17/h4-10,16H,11-13H2,1-3H3,(H,21,23)/t16-/m0/s1. The maximum atomic E-state index is 13.2. The minimum absolute atomic E-state index is 0.0452. The first-order valence-corrected chi connectivity index (χ1v) is 11.5. The van der Waals surface area contributed by atoms with Gasteiger partial charge in [0.2, 0.25) is 5.91 Å². The number of hydrogen-bond donors (Lipinski definition) is 1. The van der Waals surface area contributed by atoms with Crippen LogP contribution in [-0.4, -0.2) is 44.3 Å². The zero-order chi connectivity index (χ0) is 21.2. The fourth-order valence-corrected chi connectivity index (χ4v) is 5.96. The Balaban J connectivity index is 1.89. The molecule has 2 aromatic rings. The van der Waals surface area contributed by atoms with E-state index in [9.17, 15) is 18.0 Å². The van der Waals surface area contributed by atoms with Crippen molar-refractivity contribution in [3.05, 3.63) is 52.9 Å². The Morgan fingerprint density at radius 3 is 2.52 bits per heavy atom. The second-order valence-electron chi connectivity index (χ2n) is 7.56. The molecular formula is C20H24N2O5S2. The average molecular weight is 437 g/mol. The lowest BCUT2D eigenvalue weighted by molar-refractivity contribution is -0.150. The molecule has 1 amide bonds. The van der Waals surface area contributed by atoms with Gasteiger partial charge in [-0.2, -0.15) is 4.31 Å². The first-order valence-electron chi connectivity index (χ1n) is 9.15.